The smallest absolute Gasteiger partial charge is 0.258 e. The van der Waals surface area contributed by atoms with Crippen LogP contribution in [0.2, 0.25) is 10.0 Å². The van der Waals surface area contributed by atoms with Crippen molar-refractivity contribution in [2.75, 3.05) is 5.32 Å². The normalized spacial score (nSPS) is 10.9. The summed E-state index contributed by atoms with van der Waals surface area (Å²) < 4.78 is 5.87. The van der Waals surface area contributed by atoms with Crippen LogP contribution in [0, 0.1) is 13.8 Å². The number of oxazole rings is 1. The molecule has 4 aromatic rings. The van der Waals surface area contributed by atoms with E-state index in [4.69, 9.17) is 39.8 Å². The number of anilines is 1. The van der Waals surface area contributed by atoms with Crippen molar-refractivity contribution in [3.8, 4) is 17.2 Å². The molecule has 0 saturated heterocycles. The molecule has 0 aliphatic carbocycles. The number of carbonyl (C=O) groups is 1. The minimum Gasteiger partial charge on any atom is -0.507 e. The molecule has 0 bridgehead atoms. The van der Waals surface area contributed by atoms with Gasteiger partial charge in [-0.05, 0) is 73.6 Å². The molecule has 0 saturated carbocycles. The second-order valence-corrected chi connectivity index (χ2v) is 8.47. The van der Waals surface area contributed by atoms with Gasteiger partial charge in [-0.3, -0.25) is 10.1 Å². The minimum absolute atomic E-state index is 0.0335. The average molecular weight is 486 g/mol. The number of hydrogen-bond acceptors (Lipinski definition) is 5. The van der Waals surface area contributed by atoms with Gasteiger partial charge in [-0.1, -0.05) is 29.3 Å². The van der Waals surface area contributed by atoms with Crippen molar-refractivity contribution in [3.05, 3.63) is 75.3 Å². The van der Waals surface area contributed by atoms with Crippen molar-refractivity contribution >= 4 is 63.2 Å². The Bertz CT molecular complexity index is 1380. The van der Waals surface area contributed by atoms with Gasteiger partial charge in [0.05, 0.1) is 16.1 Å². The highest BCUT2D eigenvalue weighted by molar-refractivity contribution is 7.80. The monoisotopic (exact) mass is 485 g/mol. The fourth-order valence-corrected chi connectivity index (χ4v) is 3.87. The number of fused-ring (bicyclic) bond motifs is 1. The fraction of sp³-hybridized carbons (Fsp3) is 0.0870. The molecule has 0 fully saturated rings. The summed E-state index contributed by atoms with van der Waals surface area (Å²) in [6.07, 6.45) is 0. The third kappa shape index (κ3) is 4.55. The summed E-state index contributed by atoms with van der Waals surface area (Å²) in [5.41, 5.74) is 4.55. The lowest BCUT2D eigenvalue weighted by Gasteiger charge is -2.11. The highest BCUT2D eigenvalue weighted by atomic mass is 35.5. The van der Waals surface area contributed by atoms with Crippen LogP contribution in [0.15, 0.2) is 52.9 Å². The van der Waals surface area contributed by atoms with Crippen LogP contribution in [0.1, 0.15) is 21.5 Å². The lowest BCUT2D eigenvalue weighted by atomic mass is 10.1. The second kappa shape index (κ2) is 8.78. The molecule has 0 aliphatic rings. The first kappa shape index (κ1) is 22.1. The van der Waals surface area contributed by atoms with E-state index in [1.165, 1.54) is 18.2 Å². The summed E-state index contributed by atoms with van der Waals surface area (Å²) in [4.78, 5) is 16.9. The van der Waals surface area contributed by atoms with Gasteiger partial charge in [0.25, 0.3) is 5.91 Å². The maximum absolute atomic E-state index is 12.4. The number of carbonyl (C=O) groups excluding carboxylic acids is 1. The lowest BCUT2D eigenvalue weighted by molar-refractivity contribution is 0.0978. The van der Waals surface area contributed by atoms with E-state index >= 15 is 0 Å². The molecule has 1 aromatic heterocycles. The molecule has 0 unspecified atom stereocenters. The summed E-state index contributed by atoms with van der Waals surface area (Å²) in [7, 11) is 0. The fourth-order valence-electron chi connectivity index (χ4n) is 3.29. The van der Waals surface area contributed by atoms with Gasteiger partial charge in [-0.25, -0.2) is 4.98 Å². The van der Waals surface area contributed by atoms with Gasteiger partial charge >= 0.3 is 0 Å². The number of phenolic OH excluding ortho intramolecular Hbond substituents is 1. The number of aromatic nitrogens is 1. The molecule has 3 aromatic carbocycles. The standard InChI is InChI=1S/C23H17Cl2N3O3S/c1-11-7-12(2)20-18(8-11)27-22(31-20)15-5-4-14(10-19(15)29)26-23(32)28-21(30)16-9-13(24)3-6-17(16)25/h3-10,29H,1-2H3,(H2,26,28,30,32). The number of hydrogen-bond donors (Lipinski definition) is 3. The number of thiocarbonyl (C=S) groups is 1. The third-order valence-corrected chi connectivity index (χ3v) is 5.48. The topological polar surface area (TPSA) is 87.4 Å². The molecule has 3 N–H and O–H groups in total. The zero-order valence-electron chi connectivity index (χ0n) is 17.0. The van der Waals surface area contributed by atoms with Crippen LogP contribution < -0.4 is 10.6 Å². The molecule has 32 heavy (non-hydrogen) atoms. The van der Waals surface area contributed by atoms with E-state index in [-0.39, 0.29) is 21.4 Å². The Balaban J connectivity index is 1.51. The molecule has 6 nitrogen and oxygen atoms in total. The quantitative estimate of drug-likeness (QED) is 0.297. The van der Waals surface area contributed by atoms with E-state index in [2.05, 4.69) is 15.6 Å². The van der Waals surface area contributed by atoms with E-state index in [9.17, 15) is 9.90 Å². The van der Waals surface area contributed by atoms with Gasteiger partial charge < -0.3 is 14.8 Å². The Morgan fingerprint density at radius 3 is 2.62 bits per heavy atom. The minimum atomic E-state index is -0.506. The van der Waals surface area contributed by atoms with Crippen LogP contribution in [-0.2, 0) is 0 Å². The largest absolute Gasteiger partial charge is 0.507 e. The summed E-state index contributed by atoms with van der Waals surface area (Å²) >= 11 is 17.2. The van der Waals surface area contributed by atoms with Crippen LogP contribution in [-0.4, -0.2) is 21.1 Å². The van der Waals surface area contributed by atoms with Gasteiger partial charge in [0.1, 0.15) is 11.3 Å². The molecular formula is C23H17Cl2N3O3S. The highest BCUT2D eigenvalue weighted by Crippen LogP contribution is 2.34. The van der Waals surface area contributed by atoms with E-state index in [1.807, 2.05) is 26.0 Å². The zero-order chi connectivity index (χ0) is 23.0. The Hall–Kier alpha value is -3.13. The summed E-state index contributed by atoms with van der Waals surface area (Å²) in [6, 6.07) is 13.3. The van der Waals surface area contributed by atoms with E-state index in [1.54, 1.807) is 18.2 Å². The predicted octanol–water partition coefficient (Wildman–Crippen LogP) is 6.25. The molecule has 0 radical (unpaired) electrons. The first-order valence-electron chi connectivity index (χ1n) is 9.50. The molecule has 0 atom stereocenters. The zero-order valence-corrected chi connectivity index (χ0v) is 19.3. The predicted molar refractivity (Wildman–Crippen MR) is 131 cm³/mol. The van der Waals surface area contributed by atoms with Crippen molar-refractivity contribution in [1.82, 2.24) is 10.3 Å². The Morgan fingerprint density at radius 1 is 1.09 bits per heavy atom. The molecule has 0 aliphatic heterocycles. The van der Waals surface area contributed by atoms with E-state index in [0.29, 0.717) is 27.7 Å². The van der Waals surface area contributed by atoms with Gasteiger partial charge in [0.2, 0.25) is 5.89 Å². The first-order chi connectivity index (χ1) is 15.2. The van der Waals surface area contributed by atoms with Gasteiger partial charge in [0.15, 0.2) is 10.7 Å². The number of phenols is 1. The molecule has 1 amide bonds. The molecule has 1 heterocycles. The van der Waals surface area contributed by atoms with Crippen molar-refractivity contribution in [1.29, 1.82) is 0 Å². The number of aryl methyl sites for hydroxylation is 2. The molecule has 9 heteroatoms. The number of nitrogens with one attached hydrogen (secondary N) is 2. The van der Waals surface area contributed by atoms with E-state index in [0.717, 1.165) is 16.6 Å². The van der Waals surface area contributed by atoms with Crippen LogP contribution in [0.4, 0.5) is 5.69 Å². The van der Waals surface area contributed by atoms with Crippen LogP contribution in [0.3, 0.4) is 0 Å². The molecule has 162 valence electrons. The van der Waals surface area contributed by atoms with Crippen LogP contribution in [0.5, 0.6) is 5.75 Å². The summed E-state index contributed by atoms with van der Waals surface area (Å²) in [5.74, 6) is -0.250. The average Bonchev–Trinajstić information content (AvgIpc) is 3.13. The molecular weight excluding hydrogens is 469 g/mol. The van der Waals surface area contributed by atoms with Crippen LogP contribution >= 0.6 is 35.4 Å². The molecule has 4 rings (SSSR count). The van der Waals surface area contributed by atoms with Crippen LogP contribution in [0.25, 0.3) is 22.6 Å². The van der Waals surface area contributed by atoms with E-state index < -0.39 is 5.91 Å². The lowest BCUT2D eigenvalue weighted by Crippen LogP contribution is -2.34. The van der Waals surface area contributed by atoms with Crippen molar-refractivity contribution in [2.24, 2.45) is 0 Å². The van der Waals surface area contributed by atoms with Crippen molar-refractivity contribution in [2.45, 2.75) is 13.8 Å². The van der Waals surface area contributed by atoms with Crippen molar-refractivity contribution in [3.63, 3.8) is 0 Å². The first-order valence-corrected chi connectivity index (χ1v) is 10.7. The van der Waals surface area contributed by atoms with Crippen molar-refractivity contribution < 1.29 is 14.3 Å². The van der Waals surface area contributed by atoms with Gasteiger partial charge in [-0.2, -0.15) is 0 Å². The SMILES string of the molecule is Cc1cc(C)c2oc(-c3ccc(NC(=S)NC(=O)c4cc(Cl)ccc4Cl)cc3O)nc2c1. The highest BCUT2D eigenvalue weighted by Gasteiger charge is 2.16. The van der Waals surface area contributed by atoms with Gasteiger partial charge in [0, 0.05) is 16.8 Å². The Morgan fingerprint density at radius 2 is 1.88 bits per heavy atom. The Kier molecular flexibility index (Phi) is 6.06. The Labute approximate surface area is 199 Å². The third-order valence-electron chi connectivity index (χ3n) is 4.71. The number of amides is 1. The maximum Gasteiger partial charge on any atom is 0.258 e. The number of halogens is 2. The number of benzene rings is 3. The number of aromatic hydroxyl groups is 1. The summed E-state index contributed by atoms with van der Waals surface area (Å²) in [5, 5.41) is 16.6. The second-order valence-electron chi connectivity index (χ2n) is 7.21. The molecule has 0 spiro atoms. The number of nitrogens with zero attached hydrogens (tertiary/aromatic N) is 1. The number of rotatable bonds is 3. The summed E-state index contributed by atoms with van der Waals surface area (Å²) in [6.45, 7) is 3.93. The maximum atomic E-state index is 12.4. The van der Waals surface area contributed by atoms with Gasteiger partial charge in [-0.15, -0.1) is 0 Å².